The monoisotopic (exact) mass is 339 g/mol. The van der Waals surface area contributed by atoms with Gasteiger partial charge in [0.25, 0.3) is 15.0 Å². The Hall–Kier alpha value is -0.590. The van der Waals surface area contributed by atoms with E-state index in [2.05, 4.69) is 15.9 Å². The van der Waals surface area contributed by atoms with E-state index < -0.39 is 9.05 Å². The highest BCUT2D eigenvalue weighted by molar-refractivity contribution is 9.10. The molecular formula is C10H11BrClNO3S. The summed E-state index contributed by atoms with van der Waals surface area (Å²) in [5.41, 5.74) is 0.274. The van der Waals surface area contributed by atoms with Crippen molar-refractivity contribution in [2.45, 2.75) is 11.8 Å². The first-order chi connectivity index (χ1) is 7.77. The molecule has 0 radical (unpaired) electrons. The maximum absolute atomic E-state index is 11.9. The number of hydrogen-bond acceptors (Lipinski definition) is 3. The molecule has 0 saturated heterocycles. The van der Waals surface area contributed by atoms with Crippen molar-refractivity contribution in [3.05, 3.63) is 28.2 Å². The van der Waals surface area contributed by atoms with Gasteiger partial charge in [0.1, 0.15) is 0 Å². The SMILES string of the molecule is CCN(C)C(=O)c1cc(S(=O)(=O)Cl)ccc1Br. The summed E-state index contributed by atoms with van der Waals surface area (Å²) in [4.78, 5) is 13.3. The fourth-order valence-electron chi connectivity index (χ4n) is 1.17. The first kappa shape index (κ1) is 14.5. The lowest BCUT2D eigenvalue weighted by atomic mass is 10.2. The third kappa shape index (κ3) is 3.43. The summed E-state index contributed by atoms with van der Waals surface area (Å²) in [5, 5.41) is 0. The average molecular weight is 341 g/mol. The molecule has 1 amide bonds. The van der Waals surface area contributed by atoms with Crippen molar-refractivity contribution in [1.82, 2.24) is 4.90 Å². The highest BCUT2D eigenvalue weighted by Crippen LogP contribution is 2.24. The van der Waals surface area contributed by atoms with Crippen LogP contribution >= 0.6 is 26.6 Å². The lowest BCUT2D eigenvalue weighted by Crippen LogP contribution is -2.26. The van der Waals surface area contributed by atoms with Crippen LogP contribution in [-0.2, 0) is 9.05 Å². The number of carbonyl (C=O) groups is 1. The van der Waals surface area contributed by atoms with Crippen molar-refractivity contribution in [1.29, 1.82) is 0 Å². The summed E-state index contributed by atoms with van der Waals surface area (Å²) in [5.74, 6) is -0.262. The molecule has 17 heavy (non-hydrogen) atoms. The Kier molecular flexibility index (Phi) is 4.57. The Bertz CT molecular complexity index is 544. The summed E-state index contributed by atoms with van der Waals surface area (Å²) in [7, 11) is 3.04. The van der Waals surface area contributed by atoms with Crippen molar-refractivity contribution in [2.75, 3.05) is 13.6 Å². The van der Waals surface area contributed by atoms with Gasteiger partial charge in [0.2, 0.25) is 0 Å². The molecule has 1 aromatic rings. The van der Waals surface area contributed by atoms with Crippen LogP contribution in [0.3, 0.4) is 0 Å². The van der Waals surface area contributed by atoms with Gasteiger partial charge in [0.15, 0.2) is 0 Å². The minimum absolute atomic E-state index is 0.0878. The maximum Gasteiger partial charge on any atom is 0.261 e. The zero-order valence-electron chi connectivity index (χ0n) is 9.28. The molecule has 0 unspecified atom stereocenters. The molecule has 1 rings (SSSR count). The number of nitrogens with zero attached hydrogens (tertiary/aromatic N) is 1. The van der Waals surface area contributed by atoms with E-state index in [-0.39, 0.29) is 16.4 Å². The minimum atomic E-state index is -3.83. The van der Waals surface area contributed by atoms with E-state index in [1.807, 2.05) is 6.92 Å². The second-order valence-electron chi connectivity index (χ2n) is 3.40. The second-order valence-corrected chi connectivity index (χ2v) is 6.82. The number of rotatable bonds is 3. The van der Waals surface area contributed by atoms with Crippen LogP contribution in [-0.4, -0.2) is 32.8 Å². The number of carbonyl (C=O) groups excluding carboxylic acids is 1. The van der Waals surface area contributed by atoms with E-state index in [1.54, 1.807) is 7.05 Å². The fraction of sp³-hybridized carbons (Fsp3) is 0.300. The van der Waals surface area contributed by atoms with Crippen LogP contribution in [0.25, 0.3) is 0 Å². The Labute approximate surface area is 113 Å². The normalized spacial score (nSPS) is 11.3. The third-order valence-electron chi connectivity index (χ3n) is 2.27. The topological polar surface area (TPSA) is 54.5 Å². The molecule has 0 heterocycles. The third-order valence-corrected chi connectivity index (χ3v) is 4.31. The lowest BCUT2D eigenvalue weighted by Gasteiger charge is -2.15. The standard InChI is InChI=1S/C10H11BrClNO3S/c1-3-13(2)10(14)8-6-7(17(12,15)16)4-5-9(8)11/h4-6H,3H2,1-2H3. The van der Waals surface area contributed by atoms with E-state index >= 15 is 0 Å². The van der Waals surface area contributed by atoms with Crippen molar-refractivity contribution >= 4 is 41.6 Å². The lowest BCUT2D eigenvalue weighted by molar-refractivity contribution is 0.0801. The van der Waals surface area contributed by atoms with Gasteiger partial charge in [-0.1, -0.05) is 0 Å². The molecule has 0 atom stereocenters. The van der Waals surface area contributed by atoms with Gasteiger partial charge in [0, 0.05) is 28.7 Å². The van der Waals surface area contributed by atoms with Gasteiger partial charge in [-0.3, -0.25) is 4.79 Å². The molecule has 0 aliphatic heterocycles. The van der Waals surface area contributed by atoms with Crippen molar-refractivity contribution in [2.24, 2.45) is 0 Å². The molecule has 94 valence electrons. The summed E-state index contributed by atoms with van der Waals surface area (Å²) >= 11 is 3.21. The van der Waals surface area contributed by atoms with E-state index in [1.165, 1.54) is 23.1 Å². The predicted octanol–water partition coefficient (Wildman–Crippen LogP) is 2.47. The van der Waals surface area contributed by atoms with Crippen LogP contribution in [0.2, 0.25) is 0 Å². The fourth-order valence-corrected chi connectivity index (χ4v) is 2.36. The smallest absolute Gasteiger partial charge is 0.261 e. The Balaban J connectivity index is 3.30. The highest BCUT2D eigenvalue weighted by Gasteiger charge is 2.18. The van der Waals surface area contributed by atoms with Gasteiger partial charge < -0.3 is 4.90 Å². The second kappa shape index (κ2) is 5.37. The molecule has 0 aliphatic carbocycles. The molecule has 0 spiro atoms. The largest absolute Gasteiger partial charge is 0.342 e. The average Bonchev–Trinajstić information content (AvgIpc) is 2.26. The quantitative estimate of drug-likeness (QED) is 0.794. The summed E-state index contributed by atoms with van der Waals surface area (Å²) in [6, 6.07) is 4.10. The van der Waals surface area contributed by atoms with Gasteiger partial charge >= 0.3 is 0 Å². The maximum atomic E-state index is 11.9. The van der Waals surface area contributed by atoms with Crippen LogP contribution in [0.4, 0.5) is 0 Å². The van der Waals surface area contributed by atoms with E-state index in [4.69, 9.17) is 10.7 Å². The Morgan fingerprint density at radius 2 is 2.06 bits per heavy atom. The van der Waals surface area contributed by atoms with E-state index in [9.17, 15) is 13.2 Å². The van der Waals surface area contributed by atoms with Gasteiger partial charge in [0.05, 0.1) is 10.5 Å². The number of amides is 1. The van der Waals surface area contributed by atoms with Crippen molar-refractivity contribution < 1.29 is 13.2 Å². The van der Waals surface area contributed by atoms with Gasteiger partial charge in [-0.05, 0) is 41.1 Å². The van der Waals surface area contributed by atoms with E-state index in [0.29, 0.717) is 11.0 Å². The van der Waals surface area contributed by atoms with Gasteiger partial charge in [-0.2, -0.15) is 0 Å². The zero-order chi connectivity index (χ0) is 13.2. The number of halogens is 2. The molecule has 4 nitrogen and oxygen atoms in total. The van der Waals surface area contributed by atoms with E-state index in [0.717, 1.165) is 0 Å². The molecule has 0 N–H and O–H groups in total. The molecular weight excluding hydrogens is 330 g/mol. The first-order valence-corrected chi connectivity index (χ1v) is 7.87. The number of hydrogen-bond donors (Lipinski definition) is 0. The molecule has 0 fully saturated rings. The van der Waals surface area contributed by atoms with Crippen LogP contribution in [0.15, 0.2) is 27.6 Å². The van der Waals surface area contributed by atoms with Crippen LogP contribution in [0.1, 0.15) is 17.3 Å². The highest BCUT2D eigenvalue weighted by atomic mass is 79.9. The van der Waals surface area contributed by atoms with Crippen molar-refractivity contribution in [3.8, 4) is 0 Å². The van der Waals surface area contributed by atoms with Crippen molar-refractivity contribution in [3.63, 3.8) is 0 Å². The van der Waals surface area contributed by atoms with Gasteiger partial charge in [-0.15, -0.1) is 0 Å². The van der Waals surface area contributed by atoms with Gasteiger partial charge in [-0.25, -0.2) is 8.42 Å². The molecule has 0 saturated carbocycles. The predicted molar refractivity (Wildman–Crippen MR) is 69.8 cm³/mol. The van der Waals surface area contributed by atoms with Crippen LogP contribution < -0.4 is 0 Å². The molecule has 7 heteroatoms. The Morgan fingerprint density at radius 3 is 2.53 bits per heavy atom. The number of benzene rings is 1. The Morgan fingerprint density at radius 1 is 1.47 bits per heavy atom. The summed E-state index contributed by atoms with van der Waals surface area (Å²) in [6.45, 7) is 2.36. The molecule has 1 aromatic carbocycles. The summed E-state index contributed by atoms with van der Waals surface area (Å²) in [6.07, 6.45) is 0. The first-order valence-electron chi connectivity index (χ1n) is 4.77. The molecule has 0 aromatic heterocycles. The van der Waals surface area contributed by atoms with Crippen LogP contribution in [0.5, 0.6) is 0 Å². The zero-order valence-corrected chi connectivity index (χ0v) is 12.4. The van der Waals surface area contributed by atoms with Crippen LogP contribution in [0, 0.1) is 0 Å². The molecule has 0 bridgehead atoms. The minimum Gasteiger partial charge on any atom is -0.342 e. The summed E-state index contributed by atoms with van der Waals surface area (Å²) < 4.78 is 22.9. The molecule has 0 aliphatic rings.